The lowest BCUT2D eigenvalue weighted by molar-refractivity contribution is 0.0526. The van der Waals surface area contributed by atoms with E-state index in [1.165, 1.54) is 21.8 Å². The van der Waals surface area contributed by atoms with Gasteiger partial charge < -0.3 is 10.1 Å². The van der Waals surface area contributed by atoms with E-state index >= 15 is 0 Å². The van der Waals surface area contributed by atoms with Gasteiger partial charge in [-0.1, -0.05) is 50.6 Å². The van der Waals surface area contributed by atoms with E-state index in [4.69, 9.17) is 4.74 Å². The number of nitrogens with zero attached hydrogens (tertiary/aromatic N) is 2. The highest BCUT2D eigenvalue weighted by Gasteiger charge is 2.34. The van der Waals surface area contributed by atoms with Gasteiger partial charge in [0.2, 0.25) is 0 Å². The van der Waals surface area contributed by atoms with Crippen molar-refractivity contribution in [3.05, 3.63) is 62.4 Å². The van der Waals surface area contributed by atoms with E-state index in [1.807, 2.05) is 24.4 Å². The first-order valence-corrected chi connectivity index (χ1v) is 13.6. The van der Waals surface area contributed by atoms with Gasteiger partial charge in [-0.15, -0.1) is 22.7 Å². The SMILES string of the molecule is CCOC(=O)c1c(NC=C(C#N)c2nc(-c3ccc(C)cc3)cs2)sc2c1CCC(C(C)(C)C)C2. The van der Waals surface area contributed by atoms with E-state index in [9.17, 15) is 10.1 Å². The minimum absolute atomic E-state index is 0.216. The van der Waals surface area contributed by atoms with Crippen LogP contribution in [0.1, 0.15) is 65.5 Å². The Bertz CT molecular complexity index is 1290. The second-order valence-corrected chi connectivity index (χ2v) is 11.9. The Morgan fingerprint density at radius 3 is 2.71 bits per heavy atom. The van der Waals surface area contributed by atoms with E-state index in [0.29, 0.717) is 28.7 Å². The largest absolute Gasteiger partial charge is 0.462 e. The molecule has 2 heterocycles. The molecule has 0 saturated heterocycles. The smallest absolute Gasteiger partial charge is 0.341 e. The van der Waals surface area contributed by atoms with Crippen molar-refractivity contribution in [3.8, 4) is 17.3 Å². The number of hydrogen-bond acceptors (Lipinski definition) is 7. The van der Waals surface area contributed by atoms with Crippen LogP contribution in [0.2, 0.25) is 0 Å². The number of carbonyl (C=O) groups is 1. The van der Waals surface area contributed by atoms with Gasteiger partial charge in [0.25, 0.3) is 0 Å². The molecular formula is C28H31N3O2S2. The van der Waals surface area contributed by atoms with Crippen molar-refractivity contribution >= 4 is 39.2 Å². The standard InChI is InChI=1S/C28H31N3O2S2/c1-6-33-27(32)24-21-12-11-20(28(3,4)5)13-23(21)35-26(24)30-15-19(14-29)25-31-22(16-34-25)18-9-7-17(2)8-10-18/h7-10,15-16,20,30H,6,11-13H2,1-5H3. The van der Waals surface area contributed by atoms with Crippen LogP contribution in [0.4, 0.5) is 5.00 Å². The number of esters is 1. The number of fused-ring (bicyclic) bond motifs is 1. The highest BCUT2D eigenvalue weighted by molar-refractivity contribution is 7.16. The van der Waals surface area contributed by atoms with Gasteiger partial charge in [0.1, 0.15) is 21.7 Å². The molecule has 4 rings (SSSR count). The number of thiophene rings is 1. The fraction of sp³-hybridized carbons (Fsp3) is 0.393. The molecule has 1 atom stereocenters. The number of benzene rings is 1. The molecule has 0 fully saturated rings. The number of carbonyl (C=O) groups excluding carboxylic acids is 1. The van der Waals surface area contributed by atoms with Gasteiger partial charge >= 0.3 is 5.97 Å². The molecule has 0 spiro atoms. The van der Waals surface area contributed by atoms with Crippen LogP contribution in [0.15, 0.2) is 35.8 Å². The summed E-state index contributed by atoms with van der Waals surface area (Å²) in [6.45, 7) is 11.0. The predicted octanol–water partition coefficient (Wildman–Crippen LogP) is 7.48. The van der Waals surface area contributed by atoms with Crippen LogP contribution in [0.25, 0.3) is 16.8 Å². The van der Waals surface area contributed by atoms with Crippen LogP contribution >= 0.6 is 22.7 Å². The predicted molar refractivity (Wildman–Crippen MR) is 145 cm³/mol. The number of nitriles is 1. The van der Waals surface area contributed by atoms with E-state index in [1.54, 1.807) is 17.5 Å². The number of aryl methyl sites for hydroxylation is 1. The van der Waals surface area contributed by atoms with Crippen molar-refractivity contribution in [2.24, 2.45) is 11.3 Å². The molecule has 1 unspecified atom stereocenters. The summed E-state index contributed by atoms with van der Waals surface area (Å²) in [4.78, 5) is 18.8. The van der Waals surface area contributed by atoms with Crippen molar-refractivity contribution in [3.63, 3.8) is 0 Å². The average molecular weight is 506 g/mol. The van der Waals surface area contributed by atoms with Crippen LogP contribution in [0.3, 0.4) is 0 Å². The molecule has 1 N–H and O–H groups in total. The third-order valence-electron chi connectivity index (χ3n) is 6.52. The van der Waals surface area contributed by atoms with Crippen LogP contribution in [-0.4, -0.2) is 17.6 Å². The molecule has 3 aromatic rings. The minimum Gasteiger partial charge on any atom is -0.462 e. The molecule has 0 radical (unpaired) electrons. The van der Waals surface area contributed by atoms with Crippen LogP contribution in [-0.2, 0) is 17.6 Å². The lowest BCUT2D eigenvalue weighted by Crippen LogP contribution is -2.26. The molecular weight excluding hydrogens is 474 g/mol. The van der Waals surface area contributed by atoms with E-state index < -0.39 is 0 Å². The summed E-state index contributed by atoms with van der Waals surface area (Å²) >= 11 is 3.04. The molecule has 0 saturated carbocycles. The number of rotatable bonds is 6. The molecule has 0 aliphatic heterocycles. The quantitative estimate of drug-likeness (QED) is 0.277. The third-order valence-corrected chi connectivity index (χ3v) is 8.58. The lowest BCUT2D eigenvalue weighted by Gasteiger charge is -2.33. The fourth-order valence-corrected chi connectivity index (χ4v) is 6.46. The number of allylic oxidation sites excluding steroid dienone is 1. The van der Waals surface area contributed by atoms with Gasteiger partial charge in [0, 0.05) is 22.0 Å². The Morgan fingerprint density at radius 2 is 2.06 bits per heavy atom. The van der Waals surface area contributed by atoms with Crippen molar-refractivity contribution in [2.45, 2.75) is 53.9 Å². The molecule has 7 heteroatoms. The van der Waals surface area contributed by atoms with E-state index in [-0.39, 0.29) is 11.4 Å². The number of ether oxygens (including phenoxy) is 1. The highest BCUT2D eigenvalue weighted by Crippen LogP contribution is 2.44. The number of anilines is 1. The summed E-state index contributed by atoms with van der Waals surface area (Å²) in [6.07, 6.45) is 4.54. The van der Waals surface area contributed by atoms with Crippen LogP contribution in [0, 0.1) is 29.6 Å². The third kappa shape index (κ3) is 5.50. The molecule has 182 valence electrons. The average Bonchev–Trinajstić information content (AvgIpc) is 3.44. The second-order valence-electron chi connectivity index (χ2n) is 9.95. The maximum Gasteiger partial charge on any atom is 0.341 e. The zero-order valence-corrected chi connectivity index (χ0v) is 22.5. The lowest BCUT2D eigenvalue weighted by atomic mass is 9.72. The highest BCUT2D eigenvalue weighted by atomic mass is 32.1. The molecule has 0 amide bonds. The van der Waals surface area contributed by atoms with Gasteiger partial charge in [0.15, 0.2) is 0 Å². The Hall–Kier alpha value is -2.95. The number of aromatic nitrogens is 1. The molecule has 2 aromatic heterocycles. The second kappa shape index (κ2) is 10.3. The monoisotopic (exact) mass is 505 g/mol. The first-order valence-electron chi connectivity index (χ1n) is 11.9. The van der Waals surface area contributed by atoms with Gasteiger partial charge in [-0.3, -0.25) is 0 Å². The summed E-state index contributed by atoms with van der Waals surface area (Å²) in [5, 5.41) is 16.5. The van der Waals surface area contributed by atoms with E-state index in [0.717, 1.165) is 41.1 Å². The van der Waals surface area contributed by atoms with Gasteiger partial charge in [-0.05, 0) is 50.0 Å². The normalized spacial score (nSPS) is 15.9. The van der Waals surface area contributed by atoms with Crippen LogP contribution in [0.5, 0.6) is 0 Å². The fourth-order valence-electron chi connectivity index (χ4n) is 4.38. The number of hydrogen-bond donors (Lipinski definition) is 1. The van der Waals surface area contributed by atoms with Crippen molar-refractivity contribution in [1.29, 1.82) is 5.26 Å². The zero-order chi connectivity index (χ0) is 25.2. The molecule has 1 aliphatic rings. The number of thiazole rings is 1. The van der Waals surface area contributed by atoms with E-state index in [2.05, 4.69) is 56.2 Å². The van der Waals surface area contributed by atoms with Crippen LogP contribution < -0.4 is 5.32 Å². The van der Waals surface area contributed by atoms with Gasteiger partial charge in [-0.2, -0.15) is 5.26 Å². The maximum absolute atomic E-state index is 12.9. The summed E-state index contributed by atoms with van der Waals surface area (Å²) in [5.41, 5.74) is 5.42. The van der Waals surface area contributed by atoms with Crippen molar-refractivity contribution in [2.75, 3.05) is 11.9 Å². The summed E-state index contributed by atoms with van der Waals surface area (Å²) in [5.74, 6) is 0.266. The molecule has 0 bridgehead atoms. The van der Waals surface area contributed by atoms with Crippen molar-refractivity contribution in [1.82, 2.24) is 4.98 Å². The first kappa shape index (κ1) is 25.2. The maximum atomic E-state index is 12.9. The number of nitrogens with one attached hydrogen (secondary N) is 1. The molecule has 5 nitrogen and oxygen atoms in total. The minimum atomic E-state index is -0.301. The first-order chi connectivity index (χ1) is 16.7. The Labute approximate surface area is 215 Å². The molecule has 1 aliphatic carbocycles. The Morgan fingerprint density at radius 1 is 1.31 bits per heavy atom. The molecule has 35 heavy (non-hydrogen) atoms. The molecule has 1 aromatic carbocycles. The van der Waals surface area contributed by atoms with Crippen molar-refractivity contribution < 1.29 is 9.53 Å². The van der Waals surface area contributed by atoms with Gasteiger partial charge in [-0.25, -0.2) is 9.78 Å². The Kier molecular flexibility index (Phi) is 7.44. The summed E-state index contributed by atoms with van der Waals surface area (Å²) in [6, 6.07) is 10.4. The Balaban J connectivity index is 1.63. The zero-order valence-electron chi connectivity index (χ0n) is 20.9. The summed E-state index contributed by atoms with van der Waals surface area (Å²) < 4.78 is 5.40. The summed E-state index contributed by atoms with van der Waals surface area (Å²) in [7, 11) is 0. The van der Waals surface area contributed by atoms with Gasteiger partial charge in [0.05, 0.1) is 17.9 Å². The topological polar surface area (TPSA) is 75.0 Å².